The summed E-state index contributed by atoms with van der Waals surface area (Å²) in [6, 6.07) is 0.160. The van der Waals surface area contributed by atoms with E-state index in [1.54, 1.807) is 0 Å². The van der Waals surface area contributed by atoms with Gasteiger partial charge in [-0.2, -0.15) is 0 Å². The van der Waals surface area contributed by atoms with E-state index in [0.29, 0.717) is 13.2 Å². The molecule has 0 aromatic rings. The first-order valence-electron chi connectivity index (χ1n) is 7.08. The highest BCUT2D eigenvalue weighted by molar-refractivity contribution is 5.85. The molecule has 0 spiro atoms. The van der Waals surface area contributed by atoms with Gasteiger partial charge in [0.1, 0.15) is 6.10 Å². The van der Waals surface area contributed by atoms with Crippen LogP contribution in [0.15, 0.2) is 0 Å². The van der Waals surface area contributed by atoms with Crippen molar-refractivity contribution >= 4 is 30.7 Å². The molecule has 1 fully saturated rings. The van der Waals surface area contributed by atoms with Crippen molar-refractivity contribution in [3.63, 3.8) is 0 Å². The maximum Gasteiger partial charge on any atom is 0.250 e. The van der Waals surface area contributed by atoms with Crippen molar-refractivity contribution in [3.05, 3.63) is 0 Å². The summed E-state index contributed by atoms with van der Waals surface area (Å²) < 4.78 is 5.49. The van der Waals surface area contributed by atoms with E-state index in [2.05, 4.69) is 50.4 Å². The van der Waals surface area contributed by atoms with Crippen molar-refractivity contribution in [2.24, 2.45) is 5.41 Å². The molecular weight excluding hydrogens is 313 g/mol. The van der Waals surface area contributed by atoms with Crippen molar-refractivity contribution in [3.8, 4) is 0 Å². The second-order valence-electron chi connectivity index (χ2n) is 6.58. The third-order valence-corrected chi connectivity index (χ3v) is 3.45. The minimum atomic E-state index is -0.349. The lowest BCUT2D eigenvalue weighted by Gasteiger charge is -2.34. The first-order chi connectivity index (χ1) is 8.80. The van der Waals surface area contributed by atoms with Crippen LogP contribution in [0.25, 0.3) is 0 Å². The predicted molar refractivity (Wildman–Crippen MR) is 91.7 cm³/mol. The molecule has 1 rings (SSSR count). The fourth-order valence-corrected chi connectivity index (χ4v) is 2.11. The van der Waals surface area contributed by atoms with Crippen LogP contribution in [0.5, 0.6) is 0 Å². The van der Waals surface area contributed by atoms with Crippen LogP contribution in [0.4, 0.5) is 0 Å². The molecule has 0 bridgehead atoms. The molecule has 2 unspecified atom stereocenters. The van der Waals surface area contributed by atoms with Crippen molar-refractivity contribution < 1.29 is 9.53 Å². The lowest BCUT2D eigenvalue weighted by molar-refractivity contribution is -0.135. The smallest absolute Gasteiger partial charge is 0.250 e. The van der Waals surface area contributed by atoms with E-state index >= 15 is 0 Å². The summed E-state index contributed by atoms with van der Waals surface area (Å²) in [5.74, 6) is 0.00545. The highest BCUT2D eigenvalue weighted by atomic mass is 35.5. The summed E-state index contributed by atoms with van der Waals surface area (Å²) in [7, 11) is 4.10. The topological polar surface area (TPSA) is 53.6 Å². The molecule has 7 heteroatoms. The summed E-state index contributed by atoms with van der Waals surface area (Å²) in [6.45, 7) is 9.49. The third kappa shape index (κ3) is 8.83. The van der Waals surface area contributed by atoms with Gasteiger partial charge in [0.2, 0.25) is 0 Å². The minimum absolute atomic E-state index is 0. The van der Waals surface area contributed by atoms with E-state index in [1.165, 1.54) is 0 Å². The molecule has 1 heterocycles. The van der Waals surface area contributed by atoms with Crippen LogP contribution in [0.3, 0.4) is 0 Å². The molecule has 5 nitrogen and oxygen atoms in total. The van der Waals surface area contributed by atoms with Gasteiger partial charge < -0.3 is 20.3 Å². The average Bonchev–Trinajstić information content (AvgIpc) is 2.33. The fourth-order valence-electron chi connectivity index (χ4n) is 2.11. The minimum Gasteiger partial charge on any atom is -0.366 e. The van der Waals surface area contributed by atoms with E-state index in [0.717, 1.165) is 19.5 Å². The Balaban J connectivity index is 0. The first kappa shape index (κ1) is 23.2. The molecule has 1 amide bonds. The van der Waals surface area contributed by atoms with Crippen LogP contribution in [0, 0.1) is 5.41 Å². The van der Waals surface area contributed by atoms with Crippen LogP contribution in [0.1, 0.15) is 27.2 Å². The van der Waals surface area contributed by atoms with E-state index < -0.39 is 0 Å². The monoisotopic (exact) mass is 343 g/mol. The number of halogens is 2. The Morgan fingerprint density at radius 2 is 2.00 bits per heavy atom. The molecule has 0 aliphatic carbocycles. The zero-order chi connectivity index (χ0) is 14.5. The largest absolute Gasteiger partial charge is 0.366 e. The molecule has 1 saturated heterocycles. The van der Waals surface area contributed by atoms with Gasteiger partial charge in [0.15, 0.2) is 0 Å². The summed E-state index contributed by atoms with van der Waals surface area (Å²) in [4.78, 5) is 14.4. The standard InChI is InChI=1S/C14H29N3O2.2ClH/c1-14(2,3)12(6-8-17(4)5)16-13(18)11-10-15-7-9-19-11;;/h11-12,15H,6-10H2,1-5H3,(H,16,18);2*1H. The molecule has 1 aliphatic heterocycles. The van der Waals surface area contributed by atoms with Crippen molar-refractivity contribution in [1.29, 1.82) is 0 Å². The maximum absolute atomic E-state index is 12.2. The Hall–Kier alpha value is -0.0700. The van der Waals surface area contributed by atoms with Gasteiger partial charge in [-0.05, 0) is 32.5 Å². The van der Waals surface area contributed by atoms with Gasteiger partial charge in [-0.25, -0.2) is 0 Å². The number of nitrogens with zero attached hydrogens (tertiary/aromatic N) is 1. The molecular formula is C14H31Cl2N3O2. The lowest BCUT2D eigenvalue weighted by atomic mass is 9.84. The van der Waals surface area contributed by atoms with Crippen LogP contribution in [0.2, 0.25) is 0 Å². The summed E-state index contributed by atoms with van der Waals surface area (Å²) in [6.07, 6.45) is 0.598. The number of carbonyl (C=O) groups excluding carboxylic acids is 1. The number of amides is 1. The second-order valence-corrected chi connectivity index (χ2v) is 6.58. The molecule has 2 atom stereocenters. The summed E-state index contributed by atoms with van der Waals surface area (Å²) in [5, 5.41) is 6.34. The highest BCUT2D eigenvalue weighted by Gasteiger charge is 2.29. The van der Waals surface area contributed by atoms with Crippen LogP contribution in [-0.4, -0.2) is 63.3 Å². The summed E-state index contributed by atoms with van der Waals surface area (Å²) >= 11 is 0. The van der Waals surface area contributed by atoms with Gasteiger partial charge >= 0.3 is 0 Å². The van der Waals surface area contributed by atoms with Crippen molar-refractivity contribution in [2.75, 3.05) is 40.3 Å². The molecule has 128 valence electrons. The second kappa shape index (κ2) is 10.6. The van der Waals surface area contributed by atoms with Gasteiger partial charge in [0.05, 0.1) is 6.61 Å². The zero-order valence-electron chi connectivity index (χ0n) is 13.8. The molecule has 2 N–H and O–H groups in total. The van der Waals surface area contributed by atoms with E-state index in [-0.39, 0.29) is 48.3 Å². The van der Waals surface area contributed by atoms with Crippen LogP contribution < -0.4 is 10.6 Å². The average molecular weight is 344 g/mol. The van der Waals surface area contributed by atoms with Gasteiger partial charge in [-0.15, -0.1) is 24.8 Å². The first-order valence-corrected chi connectivity index (χ1v) is 7.08. The number of morpholine rings is 1. The number of carbonyl (C=O) groups is 1. The van der Waals surface area contributed by atoms with Gasteiger partial charge in [-0.3, -0.25) is 4.79 Å². The Morgan fingerprint density at radius 3 is 2.43 bits per heavy atom. The zero-order valence-corrected chi connectivity index (χ0v) is 15.4. The quantitative estimate of drug-likeness (QED) is 0.790. The van der Waals surface area contributed by atoms with E-state index in [9.17, 15) is 4.79 Å². The van der Waals surface area contributed by atoms with Crippen molar-refractivity contribution in [2.45, 2.75) is 39.3 Å². The lowest BCUT2D eigenvalue weighted by Crippen LogP contribution is -2.53. The maximum atomic E-state index is 12.2. The van der Waals surface area contributed by atoms with E-state index in [1.807, 2.05) is 0 Å². The molecule has 0 aromatic carbocycles. The molecule has 21 heavy (non-hydrogen) atoms. The molecule has 0 saturated carbocycles. The number of rotatable bonds is 5. The highest BCUT2D eigenvalue weighted by Crippen LogP contribution is 2.22. The Labute approximate surface area is 141 Å². The molecule has 0 aromatic heterocycles. The fraction of sp³-hybridized carbons (Fsp3) is 0.929. The van der Waals surface area contributed by atoms with Gasteiger partial charge in [0, 0.05) is 19.1 Å². The molecule has 0 radical (unpaired) electrons. The summed E-state index contributed by atoms with van der Waals surface area (Å²) in [5.41, 5.74) is 0.0494. The Kier molecular flexibility index (Phi) is 11.7. The Morgan fingerprint density at radius 1 is 1.38 bits per heavy atom. The number of hydrogen-bond acceptors (Lipinski definition) is 4. The molecule has 1 aliphatic rings. The van der Waals surface area contributed by atoms with Crippen LogP contribution >= 0.6 is 24.8 Å². The van der Waals surface area contributed by atoms with E-state index in [4.69, 9.17) is 4.74 Å². The van der Waals surface area contributed by atoms with Gasteiger partial charge in [-0.1, -0.05) is 20.8 Å². The number of nitrogens with one attached hydrogen (secondary N) is 2. The van der Waals surface area contributed by atoms with Gasteiger partial charge in [0.25, 0.3) is 5.91 Å². The Bertz CT molecular complexity index is 290. The SMILES string of the molecule is CN(C)CCC(NC(=O)C1CNCCO1)C(C)(C)C.Cl.Cl. The van der Waals surface area contributed by atoms with Crippen molar-refractivity contribution in [1.82, 2.24) is 15.5 Å². The van der Waals surface area contributed by atoms with Crippen LogP contribution in [-0.2, 0) is 9.53 Å². The number of ether oxygens (including phenoxy) is 1. The predicted octanol–water partition coefficient (Wildman–Crippen LogP) is 1.30. The normalized spacial score (nSPS) is 20.2. The third-order valence-electron chi connectivity index (χ3n) is 3.45. The number of hydrogen-bond donors (Lipinski definition) is 2.